The summed E-state index contributed by atoms with van der Waals surface area (Å²) in [5.41, 5.74) is 2.02. The zero-order chi connectivity index (χ0) is 13.8. The maximum absolute atomic E-state index is 10.1. The molecule has 0 radical (unpaired) electrons. The highest BCUT2D eigenvalue weighted by Gasteiger charge is 2.14. The lowest BCUT2D eigenvalue weighted by molar-refractivity contribution is 0.171. The fourth-order valence-electron chi connectivity index (χ4n) is 2.12. The standard InChI is InChI=1S/C15H20N2OS/c1-10(15-11(2)17-12(3)19-15)16-9-14(18)13-7-5-4-6-8-13/h4-8,10,14,16,18H,9H2,1-3H3. The van der Waals surface area contributed by atoms with Gasteiger partial charge in [-0.2, -0.15) is 0 Å². The summed E-state index contributed by atoms with van der Waals surface area (Å²) >= 11 is 1.71. The first-order valence-electron chi connectivity index (χ1n) is 6.48. The maximum Gasteiger partial charge on any atom is 0.0914 e. The molecule has 2 unspecified atom stereocenters. The summed E-state index contributed by atoms with van der Waals surface area (Å²) in [6.45, 7) is 6.70. The lowest BCUT2D eigenvalue weighted by atomic mass is 10.1. The van der Waals surface area contributed by atoms with Crippen LogP contribution in [0.4, 0.5) is 0 Å². The van der Waals surface area contributed by atoms with Crippen LogP contribution in [0.5, 0.6) is 0 Å². The van der Waals surface area contributed by atoms with Gasteiger partial charge < -0.3 is 10.4 Å². The Bertz CT molecular complexity index is 524. The van der Waals surface area contributed by atoms with E-state index in [2.05, 4.69) is 17.2 Å². The van der Waals surface area contributed by atoms with Crippen LogP contribution in [0, 0.1) is 13.8 Å². The Morgan fingerprint density at radius 3 is 2.53 bits per heavy atom. The third-order valence-corrected chi connectivity index (χ3v) is 4.39. The molecule has 1 heterocycles. The molecule has 19 heavy (non-hydrogen) atoms. The molecule has 0 aliphatic heterocycles. The SMILES string of the molecule is Cc1nc(C)c(C(C)NCC(O)c2ccccc2)s1. The summed E-state index contributed by atoms with van der Waals surface area (Å²) < 4.78 is 0. The smallest absolute Gasteiger partial charge is 0.0914 e. The van der Waals surface area contributed by atoms with Crippen LogP contribution >= 0.6 is 11.3 Å². The monoisotopic (exact) mass is 276 g/mol. The molecule has 102 valence electrons. The van der Waals surface area contributed by atoms with Crippen LogP contribution in [0.3, 0.4) is 0 Å². The second kappa shape index (κ2) is 6.28. The molecule has 2 atom stereocenters. The highest BCUT2D eigenvalue weighted by molar-refractivity contribution is 7.11. The van der Waals surface area contributed by atoms with E-state index in [9.17, 15) is 5.11 Å². The molecule has 2 N–H and O–H groups in total. The van der Waals surface area contributed by atoms with E-state index in [-0.39, 0.29) is 6.04 Å². The molecule has 2 rings (SSSR count). The molecule has 0 aliphatic carbocycles. The minimum absolute atomic E-state index is 0.213. The number of aromatic nitrogens is 1. The number of aryl methyl sites for hydroxylation is 2. The van der Waals surface area contributed by atoms with E-state index in [1.807, 2.05) is 44.2 Å². The van der Waals surface area contributed by atoms with E-state index in [0.29, 0.717) is 6.54 Å². The van der Waals surface area contributed by atoms with Crippen molar-refractivity contribution in [2.75, 3.05) is 6.54 Å². The van der Waals surface area contributed by atoms with E-state index in [1.165, 1.54) is 4.88 Å². The van der Waals surface area contributed by atoms with Crippen molar-refractivity contribution >= 4 is 11.3 Å². The molecule has 0 amide bonds. The molecule has 0 saturated carbocycles. The molecule has 0 bridgehead atoms. The van der Waals surface area contributed by atoms with Gasteiger partial charge in [0.2, 0.25) is 0 Å². The van der Waals surface area contributed by atoms with Crippen molar-refractivity contribution in [1.29, 1.82) is 0 Å². The second-order valence-electron chi connectivity index (χ2n) is 4.74. The molecule has 1 aromatic carbocycles. The first-order valence-corrected chi connectivity index (χ1v) is 7.30. The average molecular weight is 276 g/mol. The minimum atomic E-state index is -0.474. The van der Waals surface area contributed by atoms with Crippen molar-refractivity contribution in [1.82, 2.24) is 10.3 Å². The van der Waals surface area contributed by atoms with Crippen LogP contribution in [0.2, 0.25) is 0 Å². The van der Waals surface area contributed by atoms with Crippen molar-refractivity contribution in [3.8, 4) is 0 Å². The lowest BCUT2D eigenvalue weighted by Crippen LogP contribution is -2.24. The Kier molecular flexibility index (Phi) is 4.69. The van der Waals surface area contributed by atoms with Crippen LogP contribution < -0.4 is 5.32 Å². The number of hydrogen-bond donors (Lipinski definition) is 2. The molecule has 3 nitrogen and oxygen atoms in total. The van der Waals surface area contributed by atoms with E-state index in [4.69, 9.17) is 0 Å². The van der Waals surface area contributed by atoms with Crippen LogP contribution in [-0.2, 0) is 0 Å². The first kappa shape index (κ1) is 14.2. The van der Waals surface area contributed by atoms with Gasteiger partial charge in [0.1, 0.15) is 0 Å². The topological polar surface area (TPSA) is 45.2 Å². The average Bonchev–Trinajstić information content (AvgIpc) is 2.75. The first-order chi connectivity index (χ1) is 9.08. The summed E-state index contributed by atoms with van der Waals surface area (Å²) in [5.74, 6) is 0. The fourth-order valence-corrected chi connectivity index (χ4v) is 3.08. The lowest BCUT2D eigenvalue weighted by Gasteiger charge is -2.16. The number of nitrogens with zero attached hydrogens (tertiary/aromatic N) is 1. The predicted octanol–water partition coefficient (Wildman–Crippen LogP) is 3.14. The van der Waals surface area contributed by atoms with E-state index < -0.39 is 6.10 Å². The highest BCUT2D eigenvalue weighted by atomic mass is 32.1. The molecule has 4 heteroatoms. The van der Waals surface area contributed by atoms with Crippen LogP contribution in [-0.4, -0.2) is 16.6 Å². The van der Waals surface area contributed by atoms with E-state index >= 15 is 0 Å². The number of rotatable bonds is 5. The van der Waals surface area contributed by atoms with Gasteiger partial charge in [-0.1, -0.05) is 30.3 Å². The summed E-state index contributed by atoms with van der Waals surface area (Å²) in [7, 11) is 0. The Morgan fingerprint density at radius 1 is 1.26 bits per heavy atom. The summed E-state index contributed by atoms with van der Waals surface area (Å²) in [6.07, 6.45) is -0.474. The third kappa shape index (κ3) is 3.62. The van der Waals surface area contributed by atoms with Crippen molar-refractivity contribution in [3.63, 3.8) is 0 Å². The number of nitrogens with one attached hydrogen (secondary N) is 1. The quantitative estimate of drug-likeness (QED) is 0.882. The van der Waals surface area contributed by atoms with Crippen LogP contribution in [0.1, 0.15) is 40.2 Å². The Labute approximate surface area is 118 Å². The van der Waals surface area contributed by atoms with Crippen LogP contribution in [0.25, 0.3) is 0 Å². The summed E-state index contributed by atoms with van der Waals surface area (Å²) in [6, 6.07) is 9.94. The van der Waals surface area contributed by atoms with Gasteiger partial charge in [-0.15, -0.1) is 11.3 Å². The number of aliphatic hydroxyl groups is 1. The highest BCUT2D eigenvalue weighted by Crippen LogP contribution is 2.24. The van der Waals surface area contributed by atoms with Crippen molar-refractivity contribution in [3.05, 3.63) is 51.5 Å². The van der Waals surface area contributed by atoms with E-state index in [1.54, 1.807) is 11.3 Å². The zero-order valence-electron chi connectivity index (χ0n) is 11.6. The van der Waals surface area contributed by atoms with E-state index in [0.717, 1.165) is 16.3 Å². The largest absolute Gasteiger partial charge is 0.387 e. The zero-order valence-corrected chi connectivity index (χ0v) is 12.4. The summed E-state index contributed by atoms with van der Waals surface area (Å²) in [5, 5.41) is 14.6. The van der Waals surface area contributed by atoms with Crippen LogP contribution in [0.15, 0.2) is 30.3 Å². The maximum atomic E-state index is 10.1. The van der Waals surface area contributed by atoms with Crippen molar-refractivity contribution in [2.45, 2.75) is 32.9 Å². The third-order valence-electron chi connectivity index (χ3n) is 3.13. The van der Waals surface area contributed by atoms with Gasteiger partial charge >= 0.3 is 0 Å². The Balaban J connectivity index is 1.94. The van der Waals surface area contributed by atoms with Crippen molar-refractivity contribution < 1.29 is 5.11 Å². The van der Waals surface area contributed by atoms with Gasteiger partial charge in [0.15, 0.2) is 0 Å². The molecule has 0 fully saturated rings. The number of benzene rings is 1. The van der Waals surface area contributed by atoms with Gasteiger partial charge in [-0.05, 0) is 26.3 Å². The molecule has 0 spiro atoms. The number of thiazole rings is 1. The molecule has 2 aromatic rings. The Morgan fingerprint density at radius 2 is 1.95 bits per heavy atom. The Hall–Kier alpha value is -1.23. The minimum Gasteiger partial charge on any atom is -0.387 e. The molecular weight excluding hydrogens is 256 g/mol. The molecule has 1 aromatic heterocycles. The van der Waals surface area contributed by atoms with Gasteiger partial charge in [0.25, 0.3) is 0 Å². The van der Waals surface area contributed by atoms with Gasteiger partial charge in [0, 0.05) is 17.5 Å². The molecular formula is C15H20N2OS. The molecule has 0 saturated heterocycles. The fraction of sp³-hybridized carbons (Fsp3) is 0.400. The second-order valence-corrected chi connectivity index (χ2v) is 5.97. The van der Waals surface area contributed by atoms with Gasteiger partial charge in [0.05, 0.1) is 16.8 Å². The van der Waals surface area contributed by atoms with Gasteiger partial charge in [-0.25, -0.2) is 4.98 Å². The van der Waals surface area contributed by atoms with Gasteiger partial charge in [-0.3, -0.25) is 0 Å². The molecule has 0 aliphatic rings. The summed E-state index contributed by atoms with van der Waals surface area (Å²) in [4.78, 5) is 5.68. The normalized spacial score (nSPS) is 14.3. The number of hydrogen-bond acceptors (Lipinski definition) is 4. The van der Waals surface area contributed by atoms with Crippen molar-refractivity contribution in [2.24, 2.45) is 0 Å². The predicted molar refractivity (Wildman–Crippen MR) is 79.4 cm³/mol. The number of aliphatic hydroxyl groups excluding tert-OH is 1.